The molecule has 2 heteroatoms. The maximum absolute atomic E-state index is 9.29. The summed E-state index contributed by atoms with van der Waals surface area (Å²) in [5, 5.41) is 9.29. The molecule has 1 N–H and O–H groups in total. The third-order valence-corrected chi connectivity index (χ3v) is 2.11. The van der Waals surface area contributed by atoms with E-state index in [-0.39, 0.29) is 18.3 Å². The number of aryl methyl sites for hydroxylation is 1. The number of aliphatic hydroxyl groups is 1. The summed E-state index contributed by atoms with van der Waals surface area (Å²) >= 11 is 0. The predicted octanol–water partition coefficient (Wildman–Crippen LogP) is 2.84. The monoisotopic (exact) mass is 208 g/mol. The van der Waals surface area contributed by atoms with Gasteiger partial charge in [-0.15, -0.1) is 0 Å². The molecule has 0 aliphatic carbocycles. The lowest BCUT2D eigenvalue weighted by molar-refractivity contribution is -0.0822. The minimum Gasteiger partial charge on any atom is -0.393 e. The van der Waals surface area contributed by atoms with E-state index >= 15 is 0 Å². The van der Waals surface area contributed by atoms with Crippen molar-refractivity contribution < 1.29 is 9.84 Å². The van der Waals surface area contributed by atoms with Crippen LogP contribution in [0.4, 0.5) is 0 Å². The van der Waals surface area contributed by atoms with E-state index in [9.17, 15) is 5.11 Å². The Morgan fingerprint density at radius 1 is 1.20 bits per heavy atom. The third kappa shape index (κ3) is 4.02. The van der Waals surface area contributed by atoms with Gasteiger partial charge in [0.05, 0.1) is 12.2 Å². The highest BCUT2D eigenvalue weighted by Crippen LogP contribution is 2.23. The van der Waals surface area contributed by atoms with Gasteiger partial charge in [-0.3, -0.25) is 0 Å². The topological polar surface area (TPSA) is 29.5 Å². The van der Waals surface area contributed by atoms with E-state index in [4.69, 9.17) is 4.74 Å². The lowest BCUT2D eigenvalue weighted by Crippen LogP contribution is -2.24. The maximum Gasteiger partial charge on any atom is 0.106 e. The Hall–Kier alpha value is -0.860. The van der Waals surface area contributed by atoms with E-state index in [0.717, 1.165) is 5.56 Å². The van der Waals surface area contributed by atoms with Crippen molar-refractivity contribution in [3.63, 3.8) is 0 Å². The molecule has 1 aromatic carbocycles. The highest BCUT2D eigenvalue weighted by molar-refractivity contribution is 5.23. The van der Waals surface area contributed by atoms with Gasteiger partial charge in [0.1, 0.15) is 6.10 Å². The average molecular weight is 208 g/mol. The molecule has 15 heavy (non-hydrogen) atoms. The van der Waals surface area contributed by atoms with Crippen molar-refractivity contribution in [2.24, 2.45) is 0 Å². The molecule has 84 valence electrons. The predicted molar refractivity (Wildman–Crippen MR) is 61.8 cm³/mol. The molecule has 0 saturated carbocycles. The van der Waals surface area contributed by atoms with Gasteiger partial charge in [-0.05, 0) is 33.3 Å². The van der Waals surface area contributed by atoms with Crippen LogP contribution >= 0.6 is 0 Å². The summed E-state index contributed by atoms with van der Waals surface area (Å²) in [6.07, 6.45) is -0.231. The Bertz CT molecular complexity index is 295. The number of hydrogen-bond donors (Lipinski definition) is 1. The summed E-state index contributed by atoms with van der Waals surface area (Å²) in [7, 11) is 0. The van der Waals surface area contributed by atoms with Crippen LogP contribution in [0.15, 0.2) is 24.3 Å². The molecule has 0 bridgehead atoms. The fourth-order valence-corrected chi connectivity index (χ4v) is 1.42. The summed E-state index contributed by atoms with van der Waals surface area (Å²) in [5.41, 5.74) is 2.00. The second-order valence-corrected chi connectivity index (χ2v) is 4.81. The van der Waals surface area contributed by atoms with Crippen molar-refractivity contribution in [2.45, 2.75) is 39.4 Å². The van der Waals surface area contributed by atoms with Crippen molar-refractivity contribution in [1.29, 1.82) is 0 Å². The van der Waals surface area contributed by atoms with Gasteiger partial charge in [-0.2, -0.15) is 0 Å². The highest BCUT2D eigenvalue weighted by atomic mass is 16.5. The van der Waals surface area contributed by atoms with Crippen molar-refractivity contribution in [3.8, 4) is 0 Å². The first kappa shape index (κ1) is 12.2. The zero-order valence-electron chi connectivity index (χ0n) is 9.95. The first-order valence-corrected chi connectivity index (χ1v) is 5.27. The Morgan fingerprint density at radius 3 is 2.13 bits per heavy atom. The Kier molecular flexibility index (Phi) is 3.89. The van der Waals surface area contributed by atoms with E-state index in [1.807, 2.05) is 52.0 Å². The highest BCUT2D eigenvalue weighted by Gasteiger charge is 2.19. The molecule has 0 aromatic heterocycles. The number of rotatable bonds is 3. The van der Waals surface area contributed by atoms with E-state index in [2.05, 4.69) is 0 Å². The first-order valence-electron chi connectivity index (χ1n) is 5.27. The summed E-state index contributed by atoms with van der Waals surface area (Å²) in [5.74, 6) is 0. The van der Waals surface area contributed by atoms with E-state index in [1.54, 1.807) is 0 Å². The van der Waals surface area contributed by atoms with Gasteiger partial charge in [0.2, 0.25) is 0 Å². The van der Waals surface area contributed by atoms with Gasteiger partial charge in [0.15, 0.2) is 0 Å². The molecule has 0 spiro atoms. The molecule has 0 aliphatic heterocycles. The van der Waals surface area contributed by atoms with Crippen LogP contribution in [0.3, 0.4) is 0 Å². The van der Waals surface area contributed by atoms with Crippen LogP contribution in [-0.4, -0.2) is 17.3 Å². The molecule has 0 saturated heterocycles. The normalized spacial score (nSPS) is 13.9. The third-order valence-electron chi connectivity index (χ3n) is 2.11. The van der Waals surface area contributed by atoms with Gasteiger partial charge in [0.25, 0.3) is 0 Å². The van der Waals surface area contributed by atoms with E-state index in [0.29, 0.717) is 0 Å². The summed E-state index contributed by atoms with van der Waals surface area (Å²) < 4.78 is 5.76. The SMILES string of the molecule is Cc1ccc([C@@H](CO)OC(C)(C)C)cc1. The minimum absolute atomic E-state index is 0.0142. The molecule has 2 nitrogen and oxygen atoms in total. The largest absolute Gasteiger partial charge is 0.393 e. The second kappa shape index (κ2) is 4.77. The molecule has 1 aromatic rings. The summed E-state index contributed by atoms with van der Waals surface area (Å²) in [6.45, 7) is 8.03. The number of hydrogen-bond acceptors (Lipinski definition) is 2. The number of ether oxygens (including phenoxy) is 1. The lowest BCUT2D eigenvalue weighted by Gasteiger charge is -2.26. The Balaban J connectivity index is 2.79. The van der Waals surface area contributed by atoms with Gasteiger partial charge < -0.3 is 9.84 Å². The fraction of sp³-hybridized carbons (Fsp3) is 0.538. The summed E-state index contributed by atoms with van der Waals surface area (Å²) in [6, 6.07) is 8.07. The van der Waals surface area contributed by atoms with Crippen LogP contribution in [0.5, 0.6) is 0 Å². The van der Waals surface area contributed by atoms with Gasteiger partial charge in [-0.1, -0.05) is 29.8 Å². The van der Waals surface area contributed by atoms with Crippen molar-refractivity contribution in [1.82, 2.24) is 0 Å². The molecule has 1 rings (SSSR count). The van der Waals surface area contributed by atoms with Crippen LogP contribution in [0, 0.1) is 6.92 Å². The molecule has 0 heterocycles. The van der Waals surface area contributed by atoms with Crippen molar-refractivity contribution in [3.05, 3.63) is 35.4 Å². The number of aliphatic hydroxyl groups excluding tert-OH is 1. The number of benzene rings is 1. The van der Waals surface area contributed by atoms with E-state index in [1.165, 1.54) is 5.56 Å². The molecule has 0 aliphatic rings. The molecule has 0 unspecified atom stereocenters. The molecule has 0 radical (unpaired) electrons. The van der Waals surface area contributed by atoms with Crippen molar-refractivity contribution >= 4 is 0 Å². The van der Waals surface area contributed by atoms with Gasteiger partial charge in [-0.25, -0.2) is 0 Å². The minimum atomic E-state index is -0.238. The summed E-state index contributed by atoms with van der Waals surface area (Å²) in [4.78, 5) is 0. The van der Waals surface area contributed by atoms with Crippen LogP contribution < -0.4 is 0 Å². The zero-order chi connectivity index (χ0) is 11.5. The quantitative estimate of drug-likeness (QED) is 0.827. The van der Waals surface area contributed by atoms with Crippen LogP contribution in [-0.2, 0) is 4.74 Å². The maximum atomic E-state index is 9.29. The molecule has 0 amide bonds. The van der Waals surface area contributed by atoms with Crippen LogP contribution in [0.25, 0.3) is 0 Å². The average Bonchev–Trinajstić information content (AvgIpc) is 2.14. The molecular formula is C13H20O2. The standard InChI is InChI=1S/C13H20O2/c1-10-5-7-11(8-6-10)12(9-14)15-13(2,3)4/h5-8,12,14H,9H2,1-4H3/t12-/m1/s1. The van der Waals surface area contributed by atoms with Crippen LogP contribution in [0.2, 0.25) is 0 Å². The molecular weight excluding hydrogens is 188 g/mol. The van der Waals surface area contributed by atoms with Crippen molar-refractivity contribution in [2.75, 3.05) is 6.61 Å². The lowest BCUT2D eigenvalue weighted by atomic mass is 10.1. The molecule has 1 atom stereocenters. The van der Waals surface area contributed by atoms with Gasteiger partial charge in [0, 0.05) is 0 Å². The second-order valence-electron chi connectivity index (χ2n) is 4.81. The van der Waals surface area contributed by atoms with Crippen LogP contribution in [0.1, 0.15) is 38.0 Å². The first-order chi connectivity index (χ1) is 6.92. The fourth-order valence-electron chi connectivity index (χ4n) is 1.42. The Labute approximate surface area is 91.9 Å². The smallest absolute Gasteiger partial charge is 0.106 e. The van der Waals surface area contributed by atoms with Gasteiger partial charge >= 0.3 is 0 Å². The van der Waals surface area contributed by atoms with E-state index < -0.39 is 0 Å². The zero-order valence-corrected chi connectivity index (χ0v) is 9.95. The molecule has 0 fully saturated rings. The Morgan fingerprint density at radius 2 is 1.73 bits per heavy atom.